The Hall–Kier alpha value is -1.84. The van der Waals surface area contributed by atoms with Crippen LogP contribution in [0.5, 0.6) is 0 Å². The van der Waals surface area contributed by atoms with E-state index in [-0.39, 0.29) is 17.2 Å². The lowest BCUT2D eigenvalue weighted by Gasteiger charge is -2.46. The third-order valence-corrected chi connectivity index (χ3v) is 5.53. The molecule has 25 heavy (non-hydrogen) atoms. The zero-order valence-corrected chi connectivity index (χ0v) is 14.5. The van der Waals surface area contributed by atoms with E-state index >= 15 is 0 Å². The number of benzene rings is 1. The topological polar surface area (TPSA) is 106 Å². The van der Waals surface area contributed by atoms with Gasteiger partial charge in [0.25, 0.3) is 0 Å². The maximum atomic E-state index is 14.7. The number of nitrogens with zero attached hydrogens (tertiary/aromatic N) is 1. The molecule has 3 rings (SSSR count). The predicted molar refractivity (Wildman–Crippen MR) is 93.3 cm³/mol. The summed E-state index contributed by atoms with van der Waals surface area (Å²) >= 11 is 1.29. The number of aliphatic imine (C=N–C) groups is 1. The van der Waals surface area contributed by atoms with E-state index in [9.17, 15) is 9.18 Å². The lowest BCUT2D eigenvalue weighted by Crippen LogP contribution is -2.51. The highest BCUT2D eigenvalue weighted by atomic mass is 32.2. The van der Waals surface area contributed by atoms with Crippen molar-refractivity contribution in [3.63, 3.8) is 0 Å². The van der Waals surface area contributed by atoms with Gasteiger partial charge in [-0.25, -0.2) is 9.18 Å². The normalized spacial score (nSPS) is 28.8. The first-order valence-corrected chi connectivity index (χ1v) is 8.82. The number of amidine groups is 1. The van der Waals surface area contributed by atoms with Crippen LogP contribution in [0.1, 0.15) is 12.0 Å². The number of anilines is 1. The van der Waals surface area contributed by atoms with Gasteiger partial charge in [0.1, 0.15) is 5.82 Å². The van der Waals surface area contributed by atoms with Gasteiger partial charge in [-0.3, -0.25) is 10.3 Å². The number of nitrogen functional groups attached to an aromatic ring is 1. The maximum Gasteiger partial charge on any atom is 0.410 e. The van der Waals surface area contributed by atoms with Gasteiger partial charge in [0, 0.05) is 36.5 Å². The Morgan fingerprint density at radius 3 is 3.16 bits per heavy atom. The molecule has 1 aromatic carbocycles. The van der Waals surface area contributed by atoms with Crippen molar-refractivity contribution < 1.29 is 23.8 Å². The van der Waals surface area contributed by atoms with Crippen LogP contribution >= 0.6 is 11.8 Å². The van der Waals surface area contributed by atoms with Gasteiger partial charge < -0.3 is 20.3 Å². The Bertz CT molecular complexity index is 702. The summed E-state index contributed by atoms with van der Waals surface area (Å²) in [6.07, 6.45) is -1.08. The largest absolute Gasteiger partial charge is 0.465 e. The first-order chi connectivity index (χ1) is 11.9. The van der Waals surface area contributed by atoms with Gasteiger partial charge in [-0.2, -0.15) is 0 Å². The zero-order chi connectivity index (χ0) is 18.0. The lowest BCUT2D eigenvalue weighted by molar-refractivity contribution is -0.0812. The fourth-order valence-electron chi connectivity index (χ4n) is 3.39. The van der Waals surface area contributed by atoms with Crippen molar-refractivity contribution in [1.29, 1.82) is 0 Å². The Balaban J connectivity index is 2.09. The van der Waals surface area contributed by atoms with Crippen LogP contribution < -0.4 is 11.1 Å². The monoisotopic (exact) mass is 369 g/mol. The summed E-state index contributed by atoms with van der Waals surface area (Å²) in [5.74, 6) is 0.0522. The number of halogens is 1. The van der Waals surface area contributed by atoms with Crippen molar-refractivity contribution in [3.8, 4) is 0 Å². The number of hydrogen-bond donors (Lipinski definition) is 3. The number of nitrogens with one attached hydrogen (secondary N) is 1. The van der Waals surface area contributed by atoms with Gasteiger partial charge in [-0.15, -0.1) is 0 Å². The van der Waals surface area contributed by atoms with Crippen molar-refractivity contribution >= 4 is 28.7 Å². The molecule has 7 nitrogen and oxygen atoms in total. The number of rotatable bonds is 3. The van der Waals surface area contributed by atoms with Crippen molar-refractivity contribution in [2.75, 3.05) is 31.8 Å². The smallest absolute Gasteiger partial charge is 0.410 e. The molecular weight excluding hydrogens is 349 g/mol. The van der Waals surface area contributed by atoms with E-state index in [4.69, 9.17) is 20.3 Å². The predicted octanol–water partition coefficient (Wildman–Crippen LogP) is 2.03. The number of amides is 1. The lowest BCUT2D eigenvalue weighted by atomic mass is 9.73. The molecule has 3 atom stereocenters. The highest BCUT2D eigenvalue weighted by Gasteiger charge is 2.50. The highest BCUT2D eigenvalue weighted by molar-refractivity contribution is 8.13. The number of fused-ring (bicyclic) bond motifs is 1. The van der Waals surface area contributed by atoms with Gasteiger partial charge in [0.2, 0.25) is 0 Å². The van der Waals surface area contributed by atoms with Crippen LogP contribution in [0.4, 0.5) is 14.9 Å². The molecule has 2 aliphatic heterocycles. The molecule has 0 spiro atoms. The number of carboxylic acid groups (broad SMARTS) is 1. The number of ether oxygens (including phenoxy) is 2. The number of hydrogen-bond acceptors (Lipinski definition) is 6. The number of thioether (sulfide) groups is 1. The standard InChI is InChI=1S/C16H20FN3O4S/c1-23-7-11-5-16(12-4-10(18)2-3-13(12)17)9(6-24-11)8-25-14(20-16)19-15(21)22/h2-4,9,11H,5-8,18H2,1H3,(H,19,20)(H,21,22)/t9-,11+,16-/m0/s1. The van der Waals surface area contributed by atoms with Crippen LogP contribution in [0.15, 0.2) is 23.2 Å². The minimum Gasteiger partial charge on any atom is -0.465 e. The van der Waals surface area contributed by atoms with E-state index in [0.29, 0.717) is 36.6 Å². The molecule has 1 amide bonds. The average molecular weight is 369 g/mol. The summed E-state index contributed by atoms with van der Waals surface area (Å²) in [5, 5.41) is 11.6. The molecule has 0 aliphatic carbocycles. The van der Waals surface area contributed by atoms with E-state index in [1.54, 1.807) is 13.2 Å². The van der Waals surface area contributed by atoms with Gasteiger partial charge in [0.15, 0.2) is 5.17 Å². The van der Waals surface area contributed by atoms with E-state index in [1.165, 1.54) is 23.9 Å². The molecule has 1 aromatic rings. The van der Waals surface area contributed by atoms with Gasteiger partial charge in [-0.1, -0.05) is 11.8 Å². The van der Waals surface area contributed by atoms with Crippen LogP contribution in [0, 0.1) is 11.7 Å². The van der Waals surface area contributed by atoms with E-state index in [1.807, 2.05) is 0 Å². The Labute approximate surface area is 148 Å². The second kappa shape index (κ2) is 7.19. The summed E-state index contributed by atoms with van der Waals surface area (Å²) in [4.78, 5) is 15.6. The van der Waals surface area contributed by atoms with Crippen LogP contribution in [-0.2, 0) is 15.0 Å². The van der Waals surface area contributed by atoms with Gasteiger partial charge in [-0.05, 0) is 18.2 Å². The molecule has 1 saturated heterocycles. The highest BCUT2D eigenvalue weighted by Crippen LogP contribution is 2.48. The molecule has 0 unspecified atom stereocenters. The van der Waals surface area contributed by atoms with Crippen molar-refractivity contribution in [2.45, 2.75) is 18.1 Å². The summed E-state index contributed by atoms with van der Waals surface area (Å²) in [6.45, 7) is 0.738. The number of methoxy groups -OCH3 is 1. The minimum absolute atomic E-state index is 0.0961. The molecule has 0 aromatic heterocycles. The fourth-order valence-corrected chi connectivity index (χ4v) is 4.51. The van der Waals surface area contributed by atoms with Crippen molar-refractivity contribution in [1.82, 2.24) is 5.32 Å². The Kier molecular flexibility index (Phi) is 5.16. The quantitative estimate of drug-likeness (QED) is 0.704. The number of carbonyl (C=O) groups is 1. The zero-order valence-electron chi connectivity index (χ0n) is 13.7. The first kappa shape index (κ1) is 18.0. The molecule has 1 fully saturated rings. The van der Waals surface area contributed by atoms with Crippen LogP contribution in [0.3, 0.4) is 0 Å². The van der Waals surface area contributed by atoms with Crippen LogP contribution in [0.25, 0.3) is 0 Å². The van der Waals surface area contributed by atoms with E-state index < -0.39 is 17.4 Å². The third-order valence-electron chi connectivity index (χ3n) is 4.49. The summed E-state index contributed by atoms with van der Waals surface area (Å²) in [5.41, 5.74) is 5.73. The number of nitrogens with two attached hydrogens (primary N) is 1. The molecule has 9 heteroatoms. The summed E-state index contributed by atoms with van der Waals surface area (Å²) in [6, 6.07) is 4.39. The third kappa shape index (κ3) is 3.58. The molecule has 0 bridgehead atoms. The molecule has 136 valence electrons. The average Bonchev–Trinajstić information content (AvgIpc) is 2.56. The molecule has 2 aliphatic rings. The summed E-state index contributed by atoms with van der Waals surface area (Å²) in [7, 11) is 1.57. The minimum atomic E-state index is -1.20. The molecule has 2 heterocycles. The fraction of sp³-hybridized carbons (Fsp3) is 0.500. The van der Waals surface area contributed by atoms with Crippen molar-refractivity contribution in [2.24, 2.45) is 10.9 Å². The van der Waals surface area contributed by atoms with Crippen LogP contribution in [-0.4, -0.2) is 48.5 Å². The van der Waals surface area contributed by atoms with Crippen LogP contribution in [0.2, 0.25) is 0 Å². The summed E-state index contributed by atoms with van der Waals surface area (Å²) < 4.78 is 25.7. The van der Waals surface area contributed by atoms with E-state index in [0.717, 1.165) is 0 Å². The molecule has 4 N–H and O–H groups in total. The van der Waals surface area contributed by atoms with Gasteiger partial charge in [0.05, 0.1) is 24.9 Å². The maximum absolute atomic E-state index is 14.7. The van der Waals surface area contributed by atoms with Gasteiger partial charge >= 0.3 is 6.09 Å². The van der Waals surface area contributed by atoms with E-state index in [2.05, 4.69) is 10.3 Å². The first-order valence-electron chi connectivity index (χ1n) is 7.83. The van der Waals surface area contributed by atoms with Crippen molar-refractivity contribution in [3.05, 3.63) is 29.6 Å². The Morgan fingerprint density at radius 1 is 1.64 bits per heavy atom. The Morgan fingerprint density at radius 2 is 2.44 bits per heavy atom. The second-order valence-corrected chi connectivity index (χ2v) is 7.14. The SMILES string of the molecule is COC[C@H]1C[C@]2(c3cc(N)ccc3F)N=C(NC(=O)O)SC[C@@H]2CO1. The molecule has 0 saturated carbocycles. The molecule has 0 radical (unpaired) electrons. The second-order valence-electron chi connectivity index (χ2n) is 6.13. The molecular formula is C16H20FN3O4S.